The molecule has 3 heterocycles. The van der Waals surface area contributed by atoms with Crippen molar-refractivity contribution in [1.29, 1.82) is 0 Å². The van der Waals surface area contributed by atoms with Crippen molar-refractivity contribution in [3.8, 4) is 5.75 Å². The van der Waals surface area contributed by atoms with E-state index in [-0.39, 0.29) is 21.9 Å². The van der Waals surface area contributed by atoms with Gasteiger partial charge in [0.05, 0.1) is 27.8 Å². The Hall–Kier alpha value is -3.59. The van der Waals surface area contributed by atoms with Gasteiger partial charge in [-0.25, -0.2) is 14.5 Å². The highest BCUT2D eigenvalue weighted by Gasteiger charge is 2.58. The monoisotopic (exact) mass is 422 g/mol. The van der Waals surface area contributed by atoms with Crippen molar-refractivity contribution in [2.75, 3.05) is 4.90 Å². The predicted octanol–water partition coefficient (Wildman–Crippen LogP) is 1.86. The van der Waals surface area contributed by atoms with Gasteiger partial charge in [-0.3, -0.25) is 9.59 Å². The zero-order valence-corrected chi connectivity index (χ0v) is 16.1. The van der Waals surface area contributed by atoms with Crippen LogP contribution in [0.1, 0.15) is 21.8 Å². The van der Waals surface area contributed by atoms with Gasteiger partial charge in [-0.15, -0.1) is 0 Å². The van der Waals surface area contributed by atoms with Crippen LogP contribution in [0.15, 0.2) is 59.1 Å². The first-order valence-corrected chi connectivity index (χ1v) is 9.95. The lowest BCUT2D eigenvalue weighted by Crippen LogP contribution is -2.39. The van der Waals surface area contributed by atoms with Crippen LogP contribution in [0, 0.1) is 5.92 Å². The molecular weight excluding hydrogens is 408 g/mol. The molecule has 150 valence electrons. The summed E-state index contributed by atoms with van der Waals surface area (Å²) in [5.74, 6) is -4.02. The van der Waals surface area contributed by atoms with Crippen LogP contribution < -0.4 is 15.4 Å². The molecule has 3 aliphatic rings. The Morgan fingerprint density at radius 2 is 1.83 bits per heavy atom. The van der Waals surface area contributed by atoms with Crippen molar-refractivity contribution in [3.63, 3.8) is 0 Å². The summed E-state index contributed by atoms with van der Waals surface area (Å²) in [5, 5.41) is 8.59. The Balaban J connectivity index is 1.64. The third-order valence-corrected chi connectivity index (χ3v) is 6.74. The van der Waals surface area contributed by atoms with Crippen molar-refractivity contribution in [2.45, 2.75) is 11.2 Å². The summed E-state index contributed by atoms with van der Waals surface area (Å²) in [4.78, 5) is 51.5. The molecule has 0 bridgehead atoms. The second-order valence-electron chi connectivity index (χ2n) is 7.11. The number of imide groups is 1. The molecule has 8 nitrogen and oxygen atoms in total. The van der Waals surface area contributed by atoms with Crippen molar-refractivity contribution >= 4 is 41.2 Å². The number of para-hydroxylation sites is 1. The van der Waals surface area contributed by atoms with E-state index >= 15 is 0 Å². The molecule has 2 aromatic rings. The first-order valence-electron chi connectivity index (χ1n) is 9.07. The molecule has 0 spiro atoms. The normalized spacial score (nSPS) is 24.9. The predicted molar refractivity (Wildman–Crippen MR) is 107 cm³/mol. The van der Waals surface area contributed by atoms with Crippen LogP contribution in [0.2, 0.25) is 0 Å². The molecule has 3 atom stereocenters. The van der Waals surface area contributed by atoms with Crippen molar-refractivity contribution < 1.29 is 29.0 Å². The number of nitrogens with two attached hydrogens (primary N) is 1. The summed E-state index contributed by atoms with van der Waals surface area (Å²) < 4.78 is 5.37. The van der Waals surface area contributed by atoms with Crippen molar-refractivity contribution in [1.82, 2.24) is 0 Å². The molecule has 0 radical (unpaired) electrons. The van der Waals surface area contributed by atoms with Crippen LogP contribution in [-0.2, 0) is 14.4 Å². The van der Waals surface area contributed by atoms with Crippen molar-refractivity contribution in [2.24, 2.45) is 11.7 Å². The highest BCUT2D eigenvalue weighted by Crippen LogP contribution is 2.54. The number of fused-ring (bicyclic) bond motifs is 5. The highest BCUT2D eigenvalue weighted by atomic mass is 32.2. The number of carbonyl (C=O) groups excluding carboxylic acids is 3. The van der Waals surface area contributed by atoms with Gasteiger partial charge in [0, 0.05) is 11.5 Å². The number of anilines is 1. The van der Waals surface area contributed by atoms with Crippen LogP contribution >= 0.6 is 11.8 Å². The van der Waals surface area contributed by atoms with Gasteiger partial charge in [0.2, 0.25) is 11.8 Å². The van der Waals surface area contributed by atoms with Crippen LogP contribution in [0.3, 0.4) is 0 Å². The lowest BCUT2D eigenvalue weighted by Gasteiger charge is -2.36. The maximum atomic E-state index is 13.4. The number of rotatable bonds is 2. The van der Waals surface area contributed by atoms with E-state index in [4.69, 9.17) is 10.5 Å². The number of thioether (sulfide) groups is 1. The molecule has 30 heavy (non-hydrogen) atoms. The number of carbonyl (C=O) groups is 4. The minimum absolute atomic E-state index is 0.0412. The second-order valence-corrected chi connectivity index (χ2v) is 8.30. The van der Waals surface area contributed by atoms with Gasteiger partial charge in [-0.1, -0.05) is 36.0 Å². The third-order valence-electron chi connectivity index (χ3n) is 5.51. The van der Waals surface area contributed by atoms with Crippen molar-refractivity contribution in [3.05, 3.63) is 70.3 Å². The fourth-order valence-electron chi connectivity index (χ4n) is 4.24. The average molecular weight is 422 g/mol. The van der Waals surface area contributed by atoms with E-state index in [1.807, 2.05) is 0 Å². The number of esters is 1. The Kier molecular flexibility index (Phi) is 3.97. The van der Waals surface area contributed by atoms with Gasteiger partial charge < -0.3 is 15.6 Å². The summed E-state index contributed by atoms with van der Waals surface area (Å²) in [6, 6.07) is 12.5. The molecule has 1 fully saturated rings. The van der Waals surface area contributed by atoms with Gasteiger partial charge in [0.15, 0.2) is 0 Å². The number of ether oxygens (including phenoxy) is 1. The Morgan fingerprint density at radius 1 is 1.07 bits per heavy atom. The molecule has 0 aromatic heterocycles. The van der Waals surface area contributed by atoms with E-state index in [2.05, 4.69) is 0 Å². The fraction of sp³-hybridized carbons (Fsp3) is 0.143. The summed E-state index contributed by atoms with van der Waals surface area (Å²) >= 11 is 0.970. The quantitative estimate of drug-likeness (QED) is 0.427. The highest BCUT2D eigenvalue weighted by molar-refractivity contribution is 8.04. The first kappa shape index (κ1) is 18.4. The lowest BCUT2D eigenvalue weighted by atomic mass is 9.77. The second kappa shape index (κ2) is 6.46. The van der Waals surface area contributed by atoms with Gasteiger partial charge in [-0.2, -0.15) is 0 Å². The minimum atomic E-state index is -1.17. The van der Waals surface area contributed by atoms with Gasteiger partial charge in [-0.05, 0) is 24.3 Å². The van der Waals surface area contributed by atoms with E-state index in [0.717, 1.165) is 16.7 Å². The molecule has 2 aromatic carbocycles. The molecule has 5 rings (SSSR count). The number of hydrogen-bond donors (Lipinski definition) is 2. The SMILES string of the molecule is NC1=C2C(=O)Oc3ccccc3[C@@H]2[C@@H]2C(=O)N(c3cccc(C(=O)O)c3)C(=O)[C@@H]2S1. The first-order chi connectivity index (χ1) is 14.4. The molecule has 9 heteroatoms. The molecule has 3 N–H and O–H groups in total. The van der Waals surface area contributed by atoms with E-state index in [9.17, 15) is 24.3 Å². The van der Waals surface area contributed by atoms with Crippen LogP contribution in [0.4, 0.5) is 5.69 Å². The maximum Gasteiger partial charge on any atom is 0.342 e. The summed E-state index contributed by atoms with van der Waals surface area (Å²) in [6.45, 7) is 0. The summed E-state index contributed by atoms with van der Waals surface area (Å²) in [7, 11) is 0. The van der Waals surface area contributed by atoms with E-state index in [1.54, 1.807) is 24.3 Å². The molecule has 0 aliphatic carbocycles. The summed E-state index contributed by atoms with van der Waals surface area (Å²) in [6.07, 6.45) is 0. The number of benzene rings is 2. The standard InChI is InChI=1S/C21H14N2O6S/c22-17-15-13(11-6-1-2-7-12(11)29-21(15)28)14-16(30-17)19(25)23(18(14)24)10-5-3-4-9(8-10)20(26)27/h1-8,13-14,16H,22H2,(H,26,27)/t13-,14+,16-/m1/s1. The zero-order valence-electron chi connectivity index (χ0n) is 15.3. The molecule has 3 aliphatic heterocycles. The van der Waals surface area contributed by atoms with Gasteiger partial charge >= 0.3 is 11.9 Å². The molecule has 1 saturated heterocycles. The fourth-order valence-corrected chi connectivity index (χ4v) is 5.47. The number of carboxylic acid groups (broad SMARTS) is 1. The molecule has 2 amide bonds. The Bertz CT molecular complexity index is 1190. The Morgan fingerprint density at radius 3 is 2.60 bits per heavy atom. The Labute approximate surface area is 174 Å². The van der Waals surface area contributed by atoms with Crippen LogP contribution in [0.25, 0.3) is 0 Å². The maximum absolute atomic E-state index is 13.4. The van der Waals surface area contributed by atoms with E-state index in [1.165, 1.54) is 24.3 Å². The zero-order chi connectivity index (χ0) is 21.2. The average Bonchev–Trinajstić information content (AvgIpc) is 2.97. The number of aromatic carboxylic acids is 1. The van der Waals surface area contributed by atoms with Crippen LogP contribution in [-0.4, -0.2) is 34.1 Å². The lowest BCUT2D eigenvalue weighted by molar-refractivity contribution is -0.131. The molecule has 0 saturated carbocycles. The van der Waals surface area contributed by atoms with Gasteiger partial charge in [0.1, 0.15) is 11.0 Å². The number of amides is 2. The molecular formula is C21H14N2O6S. The topological polar surface area (TPSA) is 127 Å². The number of nitrogens with zero attached hydrogens (tertiary/aromatic N) is 1. The largest absolute Gasteiger partial charge is 0.478 e. The minimum Gasteiger partial charge on any atom is -0.478 e. The number of carboxylic acids is 1. The smallest absolute Gasteiger partial charge is 0.342 e. The third kappa shape index (κ3) is 2.48. The number of hydrogen-bond acceptors (Lipinski definition) is 7. The van der Waals surface area contributed by atoms with Gasteiger partial charge in [0.25, 0.3) is 0 Å². The van der Waals surface area contributed by atoms with E-state index < -0.39 is 40.8 Å². The van der Waals surface area contributed by atoms with Crippen LogP contribution in [0.5, 0.6) is 5.75 Å². The summed E-state index contributed by atoms with van der Waals surface area (Å²) in [5.41, 5.74) is 7.06. The molecule has 0 unspecified atom stereocenters. The van der Waals surface area contributed by atoms with E-state index in [0.29, 0.717) is 11.3 Å².